The Morgan fingerprint density at radius 3 is 1.66 bits per heavy atom. The summed E-state index contributed by atoms with van der Waals surface area (Å²) in [6, 6.07) is 15.4. The van der Waals surface area contributed by atoms with E-state index in [2.05, 4.69) is 32.7 Å². The Morgan fingerprint density at radius 1 is 0.766 bits per heavy atom. The lowest BCUT2D eigenvalue weighted by Gasteiger charge is -2.17. The van der Waals surface area contributed by atoms with Gasteiger partial charge in [-0.1, -0.05) is 59.6 Å². The molecule has 0 bridgehead atoms. The number of aldehydes is 1. The Morgan fingerprint density at radius 2 is 1.23 bits per heavy atom. The van der Waals surface area contributed by atoms with Gasteiger partial charge in [0.2, 0.25) is 23.5 Å². The number of hydrogen-bond donors (Lipinski definition) is 3. The summed E-state index contributed by atoms with van der Waals surface area (Å²) >= 11 is 13.0. The van der Waals surface area contributed by atoms with Crippen LogP contribution in [0.4, 0.5) is 0 Å². The van der Waals surface area contributed by atoms with Crippen LogP contribution in [-0.4, -0.2) is 54.6 Å². The highest BCUT2D eigenvalue weighted by Crippen LogP contribution is 2.34. The molecule has 0 unspecified atom stereocenters. The SMILES string of the molecule is COc1nc(OCc2cccc(-c3cccc(COc4nc(OC)c(CNCC(=O)O)cc4Cl)c3C)c2C)c(Cl)cc1CNCC=O. The number of ether oxygens (including phenoxy) is 4. The molecule has 11 nitrogen and oxygen atoms in total. The van der Waals surface area contributed by atoms with Gasteiger partial charge in [0.15, 0.2) is 0 Å². The van der Waals surface area contributed by atoms with Gasteiger partial charge in [0.1, 0.15) is 29.5 Å². The molecule has 0 saturated carbocycles. The van der Waals surface area contributed by atoms with E-state index in [0.717, 1.165) is 39.7 Å². The molecule has 4 rings (SSSR count). The number of carboxylic acid groups (broad SMARTS) is 1. The predicted molar refractivity (Wildman–Crippen MR) is 179 cm³/mol. The van der Waals surface area contributed by atoms with Crippen molar-refractivity contribution < 1.29 is 33.6 Å². The molecule has 0 spiro atoms. The molecule has 0 aliphatic heterocycles. The molecular weight excluding hydrogens is 647 g/mol. The maximum atomic E-state index is 10.8. The van der Waals surface area contributed by atoms with Crippen molar-refractivity contribution in [2.75, 3.05) is 27.3 Å². The molecule has 0 amide bonds. The van der Waals surface area contributed by atoms with Gasteiger partial charge < -0.3 is 39.5 Å². The van der Waals surface area contributed by atoms with Gasteiger partial charge in [-0.15, -0.1) is 0 Å². The molecule has 0 saturated heterocycles. The molecule has 4 aromatic rings. The van der Waals surface area contributed by atoms with E-state index < -0.39 is 5.97 Å². The Hall–Kier alpha value is -4.42. The Labute approximate surface area is 283 Å². The van der Waals surface area contributed by atoms with E-state index in [0.29, 0.717) is 34.5 Å². The fourth-order valence-electron chi connectivity index (χ4n) is 4.92. The van der Waals surface area contributed by atoms with E-state index in [1.165, 1.54) is 14.2 Å². The zero-order valence-electron chi connectivity index (χ0n) is 26.5. The highest BCUT2D eigenvalue weighted by atomic mass is 35.5. The van der Waals surface area contributed by atoms with Gasteiger partial charge in [0, 0.05) is 24.2 Å². The van der Waals surface area contributed by atoms with Crippen LogP contribution in [0.15, 0.2) is 48.5 Å². The van der Waals surface area contributed by atoms with Gasteiger partial charge in [0.25, 0.3) is 0 Å². The van der Waals surface area contributed by atoms with E-state index in [4.69, 9.17) is 47.3 Å². The van der Waals surface area contributed by atoms with E-state index in [1.807, 2.05) is 38.1 Å². The van der Waals surface area contributed by atoms with Crippen LogP contribution in [0.5, 0.6) is 23.5 Å². The monoisotopic (exact) mass is 682 g/mol. The minimum Gasteiger partial charge on any atom is -0.481 e. The lowest BCUT2D eigenvalue weighted by molar-refractivity contribution is -0.136. The van der Waals surface area contributed by atoms with Crippen LogP contribution in [0.2, 0.25) is 10.0 Å². The smallest absolute Gasteiger partial charge is 0.317 e. The van der Waals surface area contributed by atoms with Crippen LogP contribution in [0.1, 0.15) is 33.4 Å². The quantitative estimate of drug-likeness (QED) is 0.0932. The van der Waals surface area contributed by atoms with Gasteiger partial charge >= 0.3 is 5.97 Å². The van der Waals surface area contributed by atoms with Crippen LogP contribution in [0, 0.1) is 13.8 Å². The molecule has 2 aromatic carbocycles. The molecule has 0 radical (unpaired) electrons. The number of rotatable bonds is 17. The zero-order chi connectivity index (χ0) is 33.9. The topological polar surface area (TPSA) is 141 Å². The highest BCUT2D eigenvalue weighted by molar-refractivity contribution is 6.32. The van der Waals surface area contributed by atoms with Crippen LogP contribution >= 0.6 is 23.2 Å². The van der Waals surface area contributed by atoms with Crippen LogP contribution in [0.25, 0.3) is 11.1 Å². The number of hydrogen-bond acceptors (Lipinski definition) is 10. The van der Waals surface area contributed by atoms with Gasteiger partial charge in [-0.05, 0) is 59.4 Å². The van der Waals surface area contributed by atoms with Crippen molar-refractivity contribution in [2.24, 2.45) is 0 Å². The first-order valence-electron chi connectivity index (χ1n) is 14.6. The molecule has 0 aliphatic carbocycles. The first kappa shape index (κ1) is 35.4. The van der Waals surface area contributed by atoms with Gasteiger partial charge in [0.05, 0.1) is 27.3 Å². The van der Waals surface area contributed by atoms with Crippen LogP contribution in [0.3, 0.4) is 0 Å². The molecular formula is C34H36Cl2N4O7. The Bertz CT molecular complexity index is 1740. The predicted octanol–water partition coefficient (Wildman–Crippen LogP) is 5.71. The first-order valence-corrected chi connectivity index (χ1v) is 15.4. The fourth-order valence-corrected chi connectivity index (χ4v) is 5.38. The summed E-state index contributed by atoms with van der Waals surface area (Å²) in [6.45, 7) is 5.10. The summed E-state index contributed by atoms with van der Waals surface area (Å²) in [5.41, 5.74) is 7.36. The number of nitrogens with zero attached hydrogens (tertiary/aromatic N) is 2. The number of halogens is 2. The Kier molecular flexibility index (Phi) is 12.8. The lowest BCUT2D eigenvalue weighted by Crippen LogP contribution is -2.22. The number of aromatic nitrogens is 2. The van der Waals surface area contributed by atoms with Crippen molar-refractivity contribution in [2.45, 2.75) is 40.2 Å². The second-order valence-corrected chi connectivity index (χ2v) is 11.3. The van der Waals surface area contributed by atoms with Gasteiger partial charge in [-0.2, -0.15) is 9.97 Å². The van der Waals surface area contributed by atoms with E-state index in [9.17, 15) is 9.59 Å². The number of nitrogens with one attached hydrogen (secondary N) is 2. The number of carboxylic acids is 1. The second-order valence-electron chi connectivity index (χ2n) is 10.4. The van der Waals surface area contributed by atoms with Crippen molar-refractivity contribution in [1.29, 1.82) is 0 Å². The number of methoxy groups -OCH3 is 2. The van der Waals surface area contributed by atoms with Crippen molar-refractivity contribution in [1.82, 2.24) is 20.6 Å². The molecule has 0 atom stereocenters. The number of carbonyl (C=O) groups is 2. The van der Waals surface area contributed by atoms with E-state index >= 15 is 0 Å². The molecule has 0 aliphatic rings. The fraction of sp³-hybridized carbons (Fsp3) is 0.294. The third-order valence-corrected chi connectivity index (χ3v) is 7.94. The standard InChI is InChI=1S/C34H36Cl2N4O7/c1-20-22(18-46-33-28(35)13-24(15-37-11-12-41)31(39-33)44-3)7-5-9-26(20)27-10-6-8-23(21(27)2)19-47-34-29(36)14-25(32(40-34)45-4)16-38-17-30(42)43/h5-10,12-14,37-38H,11,15-19H2,1-4H3,(H,42,43). The molecule has 3 N–H and O–H groups in total. The average molecular weight is 684 g/mol. The van der Waals surface area contributed by atoms with Crippen molar-refractivity contribution in [3.05, 3.63) is 92.0 Å². The van der Waals surface area contributed by atoms with E-state index in [-0.39, 0.29) is 49.6 Å². The maximum Gasteiger partial charge on any atom is 0.317 e. The van der Waals surface area contributed by atoms with Crippen LogP contribution < -0.4 is 29.6 Å². The first-order chi connectivity index (χ1) is 22.7. The maximum absolute atomic E-state index is 10.8. The minimum absolute atomic E-state index is 0.204. The largest absolute Gasteiger partial charge is 0.481 e. The van der Waals surface area contributed by atoms with Crippen molar-refractivity contribution in [3.8, 4) is 34.6 Å². The van der Waals surface area contributed by atoms with E-state index in [1.54, 1.807) is 12.1 Å². The van der Waals surface area contributed by atoms with Gasteiger partial charge in [-0.3, -0.25) is 4.79 Å². The number of pyridine rings is 2. The summed E-state index contributed by atoms with van der Waals surface area (Å²) in [4.78, 5) is 30.3. The third kappa shape index (κ3) is 9.11. The van der Waals surface area contributed by atoms with Gasteiger partial charge in [-0.25, -0.2) is 0 Å². The minimum atomic E-state index is -0.970. The summed E-state index contributed by atoms with van der Waals surface area (Å²) < 4.78 is 22.9. The molecule has 2 heterocycles. The average Bonchev–Trinajstić information content (AvgIpc) is 3.05. The molecule has 0 fully saturated rings. The molecule has 2 aromatic heterocycles. The summed E-state index contributed by atoms with van der Waals surface area (Å²) in [5, 5.41) is 15.3. The molecule has 47 heavy (non-hydrogen) atoms. The van der Waals surface area contributed by atoms with Crippen molar-refractivity contribution >= 4 is 35.5 Å². The molecule has 248 valence electrons. The third-order valence-electron chi connectivity index (χ3n) is 7.40. The zero-order valence-corrected chi connectivity index (χ0v) is 28.0. The lowest BCUT2D eigenvalue weighted by atomic mass is 9.92. The normalized spacial score (nSPS) is 10.9. The van der Waals surface area contributed by atoms with Crippen LogP contribution in [-0.2, 0) is 35.9 Å². The van der Waals surface area contributed by atoms with Crippen molar-refractivity contribution in [3.63, 3.8) is 0 Å². The summed E-state index contributed by atoms with van der Waals surface area (Å²) in [7, 11) is 2.99. The number of aliphatic carboxylic acids is 1. The Balaban J connectivity index is 1.50. The number of benzene rings is 2. The number of carbonyl (C=O) groups excluding carboxylic acids is 1. The highest BCUT2D eigenvalue weighted by Gasteiger charge is 2.17. The summed E-state index contributed by atoms with van der Waals surface area (Å²) in [6.07, 6.45) is 0.778. The molecule has 13 heteroatoms. The second kappa shape index (κ2) is 16.9. The summed E-state index contributed by atoms with van der Waals surface area (Å²) in [5.74, 6) is 0.139.